The van der Waals surface area contributed by atoms with Gasteiger partial charge in [-0.25, -0.2) is 9.82 Å². The minimum absolute atomic E-state index is 0.0294. The summed E-state index contributed by atoms with van der Waals surface area (Å²) in [6, 6.07) is 20.1. The predicted octanol–water partition coefficient (Wildman–Crippen LogP) is 4.47. The maximum Gasteiger partial charge on any atom is 0.287 e. The molecule has 0 fully saturated rings. The van der Waals surface area contributed by atoms with Gasteiger partial charge in [0.2, 0.25) is 0 Å². The number of nitrogens with zero attached hydrogens (tertiary/aromatic N) is 2. The van der Waals surface area contributed by atoms with Gasteiger partial charge in [0.1, 0.15) is 11.5 Å². The normalized spacial score (nSPS) is 11.3. The number of rotatable bonds is 7. The first-order valence-corrected chi connectivity index (χ1v) is 10.4. The molecule has 168 valence electrons. The zero-order valence-electron chi connectivity index (χ0n) is 18.0. The van der Waals surface area contributed by atoms with Crippen LogP contribution in [0.2, 0.25) is 5.02 Å². The molecule has 33 heavy (non-hydrogen) atoms. The molecule has 3 aromatic rings. The minimum atomic E-state index is -0.681. The van der Waals surface area contributed by atoms with Crippen molar-refractivity contribution in [3.63, 3.8) is 0 Å². The van der Waals surface area contributed by atoms with Crippen molar-refractivity contribution in [1.29, 1.82) is 0 Å². The van der Waals surface area contributed by atoms with Gasteiger partial charge in [-0.1, -0.05) is 48.0 Å². The highest BCUT2D eigenvalue weighted by Crippen LogP contribution is 2.17. The van der Waals surface area contributed by atoms with Crippen molar-refractivity contribution in [1.82, 2.24) is 10.7 Å². The zero-order chi connectivity index (χ0) is 23.8. The van der Waals surface area contributed by atoms with Crippen LogP contribution in [-0.4, -0.2) is 32.1 Å². The van der Waals surface area contributed by atoms with Crippen LogP contribution in [0.15, 0.2) is 83.6 Å². The van der Waals surface area contributed by atoms with Gasteiger partial charge in [-0.3, -0.25) is 9.59 Å². The molecule has 0 saturated carbocycles. The van der Waals surface area contributed by atoms with Crippen LogP contribution < -0.4 is 15.6 Å². The Labute approximate surface area is 196 Å². The molecule has 0 heterocycles. The molecule has 3 rings (SSSR count). The molecule has 0 radical (unpaired) electrons. The number of anilines is 1. The number of benzene rings is 3. The predicted molar refractivity (Wildman–Crippen MR) is 130 cm³/mol. The van der Waals surface area contributed by atoms with E-state index in [1.54, 1.807) is 30.3 Å². The van der Waals surface area contributed by atoms with Crippen LogP contribution in [0.1, 0.15) is 21.5 Å². The Morgan fingerprint density at radius 2 is 1.67 bits per heavy atom. The second kappa shape index (κ2) is 11.1. The SMILES string of the molecule is CN(C)c1ccc(/C=C(/NC(=O)c2ccccc2)C(=O)N/N=C/c2c(F)cccc2Cl)cc1. The summed E-state index contributed by atoms with van der Waals surface area (Å²) in [5.74, 6) is -1.71. The fraction of sp³-hybridized carbons (Fsp3) is 0.0800. The number of hydrogen-bond acceptors (Lipinski definition) is 4. The number of carbonyl (C=O) groups is 2. The van der Waals surface area contributed by atoms with Gasteiger partial charge >= 0.3 is 0 Å². The van der Waals surface area contributed by atoms with E-state index in [1.807, 2.05) is 43.3 Å². The van der Waals surface area contributed by atoms with E-state index < -0.39 is 17.6 Å². The molecule has 2 amide bonds. The first-order valence-electron chi connectivity index (χ1n) is 9.98. The number of halogens is 2. The fourth-order valence-electron chi connectivity index (χ4n) is 2.83. The molecule has 2 N–H and O–H groups in total. The number of hydrazone groups is 1. The van der Waals surface area contributed by atoms with Crippen molar-refractivity contribution in [2.45, 2.75) is 0 Å². The lowest BCUT2D eigenvalue weighted by molar-refractivity contribution is -0.117. The summed E-state index contributed by atoms with van der Waals surface area (Å²) < 4.78 is 13.9. The van der Waals surface area contributed by atoms with Crippen molar-refractivity contribution in [3.8, 4) is 0 Å². The Hall–Kier alpha value is -3.97. The maximum absolute atomic E-state index is 13.9. The third kappa shape index (κ3) is 6.51. The fourth-order valence-corrected chi connectivity index (χ4v) is 3.04. The second-order valence-corrected chi connectivity index (χ2v) is 7.61. The van der Waals surface area contributed by atoms with Crippen molar-refractivity contribution in [2.24, 2.45) is 5.10 Å². The molecule has 0 aliphatic heterocycles. The summed E-state index contributed by atoms with van der Waals surface area (Å²) in [6.45, 7) is 0. The highest BCUT2D eigenvalue weighted by atomic mass is 35.5. The first-order chi connectivity index (χ1) is 15.8. The first kappa shape index (κ1) is 23.7. The molecule has 0 saturated heterocycles. The van der Waals surface area contributed by atoms with Crippen LogP contribution in [0.5, 0.6) is 0 Å². The Kier molecular flexibility index (Phi) is 7.94. The van der Waals surface area contributed by atoms with Crippen LogP contribution >= 0.6 is 11.6 Å². The van der Waals surface area contributed by atoms with Gasteiger partial charge in [-0.2, -0.15) is 5.10 Å². The molecule has 0 unspecified atom stereocenters. The van der Waals surface area contributed by atoms with Crippen LogP contribution in [0.25, 0.3) is 6.08 Å². The highest BCUT2D eigenvalue weighted by molar-refractivity contribution is 6.33. The van der Waals surface area contributed by atoms with Gasteiger partial charge in [0.15, 0.2) is 0 Å². The average molecular weight is 465 g/mol. The molecule has 0 aliphatic rings. The molecule has 0 aromatic heterocycles. The van der Waals surface area contributed by atoms with Gasteiger partial charge in [0, 0.05) is 30.9 Å². The van der Waals surface area contributed by atoms with E-state index in [2.05, 4.69) is 15.8 Å². The van der Waals surface area contributed by atoms with E-state index in [0.29, 0.717) is 11.1 Å². The summed E-state index contributed by atoms with van der Waals surface area (Å²) in [5.41, 5.74) is 4.38. The van der Waals surface area contributed by atoms with Crippen LogP contribution in [0.3, 0.4) is 0 Å². The third-order valence-corrected chi connectivity index (χ3v) is 4.94. The Morgan fingerprint density at radius 3 is 2.30 bits per heavy atom. The van der Waals surface area contributed by atoms with Crippen molar-refractivity contribution >= 4 is 41.4 Å². The standard InChI is InChI=1S/C25H22ClFN4O2/c1-31(2)19-13-11-17(12-14-19)15-23(29-24(32)18-7-4-3-5-8-18)25(33)30-28-16-20-21(26)9-6-10-22(20)27/h3-16H,1-2H3,(H,29,32)(H,30,33)/b23-15+,28-16+. The van der Waals surface area contributed by atoms with E-state index in [0.717, 1.165) is 11.9 Å². The molecule has 0 aliphatic carbocycles. The quantitative estimate of drug-likeness (QED) is 0.308. The molecule has 8 heteroatoms. The Morgan fingerprint density at radius 1 is 0.970 bits per heavy atom. The van der Waals surface area contributed by atoms with Crippen molar-refractivity contribution in [2.75, 3.05) is 19.0 Å². The molecule has 0 bridgehead atoms. The maximum atomic E-state index is 13.9. The Balaban J connectivity index is 1.84. The van der Waals surface area contributed by atoms with Crippen LogP contribution in [0, 0.1) is 5.82 Å². The largest absolute Gasteiger partial charge is 0.378 e. The molecule has 0 atom stereocenters. The zero-order valence-corrected chi connectivity index (χ0v) is 18.8. The van der Waals surface area contributed by atoms with E-state index in [1.165, 1.54) is 24.3 Å². The molecule has 6 nitrogen and oxygen atoms in total. The van der Waals surface area contributed by atoms with Gasteiger partial charge in [0.05, 0.1) is 11.2 Å². The summed E-state index contributed by atoms with van der Waals surface area (Å²) in [7, 11) is 3.84. The average Bonchev–Trinajstić information content (AvgIpc) is 2.81. The molecule has 3 aromatic carbocycles. The molecule has 0 spiro atoms. The number of carbonyl (C=O) groups excluding carboxylic acids is 2. The summed E-state index contributed by atoms with van der Waals surface area (Å²) >= 11 is 5.97. The van der Waals surface area contributed by atoms with Crippen molar-refractivity contribution < 1.29 is 14.0 Å². The number of nitrogens with one attached hydrogen (secondary N) is 2. The third-order valence-electron chi connectivity index (χ3n) is 4.61. The van der Waals surface area contributed by atoms with E-state index in [9.17, 15) is 14.0 Å². The van der Waals surface area contributed by atoms with E-state index in [-0.39, 0.29) is 16.3 Å². The van der Waals surface area contributed by atoms with E-state index >= 15 is 0 Å². The van der Waals surface area contributed by atoms with Gasteiger partial charge < -0.3 is 10.2 Å². The Bertz CT molecular complexity index is 1170. The molecular weight excluding hydrogens is 443 g/mol. The van der Waals surface area contributed by atoms with Gasteiger partial charge in [-0.05, 0) is 48.0 Å². The highest BCUT2D eigenvalue weighted by Gasteiger charge is 2.14. The van der Waals surface area contributed by atoms with Crippen LogP contribution in [0.4, 0.5) is 10.1 Å². The van der Waals surface area contributed by atoms with Crippen LogP contribution in [-0.2, 0) is 4.79 Å². The summed E-state index contributed by atoms with van der Waals surface area (Å²) in [4.78, 5) is 27.4. The lowest BCUT2D eigenvalue weighted by Crippen LogP contribution is -2.32. The van der Waals surface area contributed by atoms with Crippen molar-refractivity contribution in [3.05, 3.63) is 106 Å². The van der Waals surface area contributed by atoms with Gasteiger partial charge in [0.25, 0.3) is 11.8 Å². The van der Waals surface area contributed by atoms with Gasteiger partial charge in [-0.15, -0.1) is 0 Å². The topological polar surface area (TPSA) is 73.8 Å². The summed E-state index contributed by atoms with van der Waals surface area (Å²) in [5, 5.41) is 6.57. The lowest BCUT2D eigenvalue weighted by Gasteiger charge is -2.12. The minimum Gasteiger partial charge on any atom is -0.378 e. The summed E-state index contributed by atoms with van der Waals surface area (Å²) in [6.07, 6.45) is 2.64. The molecular formula is C25H22ClFN4O2. The number of hydrogen-bond donors (Lipinski definition) is 2. The second-order valence-electron chi connectivity index (χ2n) is 7.20. The smallest absolute Gasteiger partial charge is 0.287 e. The van der Waals surface area contributed by atoms with E-state index in [4.69, 9.17) is 11.6 Å². The number of amides is 2. The monoisotopic (exact) mass is 464 g/mol. The lowest BCUT2D eigenvalue weighted by atomic mass is 10.1.